The number of fused-ring (bicyclic) bond motifs is 1. The topological polar surface area (TPSA) is 166 Å². The van der Waals surface area contributed by atoms with Gasteiger partial charge in [-0.25, -0.2) is 0 Å². The Balaban J connectivity index is 2.07. The Bertz CT molecular complexity index is 923. The Morgan fingerprint density at radius 2 is 1.73 bits per heavy atom. The molecule has 10 nitrogen and oxygen atoms in total. The highest BCUT2D eigenvalue weighted by molar-refractivity contribution is 5.93. The Morgan fingerprint density at radius 1 is 1.07 bits per heavy atom. The molecule has 1 aromatic carbocycles. The summed E-state index contributed by atoms with van der Waals surface area (Å²) < 4.78 is 0. The maximum atomic E-state index is 12.5. The summed E-state index contributed by atoms with van der Waals surface area (Å²) in [7, 11) is 0. The number of carboxylic acid groups (broad SMARTS) is 1. The molecule has 0 radical (unpaired) electrons. The van der Waals surface area contributed by atoms with Crippen LogP contribution in [-0.2, 0) is 25.6 Å². The van der Waals surface area contributed by atoms with E-state index in [0.29, 0.717) is 0 Å². The molecule has 30 heavy (non-hydrogen) atoms. The molecule has 0 spiro atoms. The highest BCUT2D eigenvalue weighted by Crippen LogP contribution is 2.19. The molecule has 0 aliphatic rings. The van der Waals surface area contributed by atoms with E-state index < -0.39 is 42.3 Å². The lowest BCUT2D eigenvalue weighted by Gasteiger charge is -2.19. The van der Waals surface area contributed by atoms with Crippen molar-refractivity contribution in [2.45, 2.75) is 32.4 Å². The maximum absolute atomic E-state index is 12.5. The molecule has 2 unspecified atom stereocenters. The molecule has 0 saturated carbocycles. The quantitative estimate of drug-likeness (QED) is 0.305. The molecule has 2 atom stereocenters. The summed E-state index contributed by atoms with van der Waals surface area (Å²) in [5.74, 6) is -2.99. The van der Waals surface area contributed by atoms with Crippen LogP contribution in [0.5, 0.6) is 0 Å². The van der Waals surface area contributed by atoms with Crippen LogP contribution < -0.4 is 21.7 Å². The number of carbonyl (C=O) groups excluding carboxylic acids is 3. The lowest BCUT2D eigenvalue weighted by Crippen LogP contribution is -2.52. The number of aromatic nitrogens is 1. The second-order valence-electron chi connectivity index (χ2n) is 7.28. The Kier molecular flexibility index (Phi) is 7.93. The number of benzene rings is 1. The second kappa shape index (κ2) is 10.4. The average Bonchev–Trinajstić information content (AvgIpc) is 3.11. The first-order valence-corrected chi connectivity index (χ1v) is 9.56. The molecule has 2 rings (SSSR count). The van der Waals surface area contributed by atoms with Crippen LogP contribution in [0.25, 0.3) is 10.9 Å². The summed E-state index contributed by atoms with van der Waals surface area (Å²) in [6.07, 6.45) is 1.87. The van der Waals surface area contributed by atoms with Crippen molar-refractivity contribution >= 4 is 34.6 Å². The van der Waals surface area contributed by atoms with Gasteiger partial charge in [-0.2, -0.15) is 0 Å². The smallest absolute Gasteiger partial charge is 0.322 e. The van der Waals surface area contributed by atoms with Gasteiger partial charge in [0, 0.05) is 23.5 Å². The summed E-state index contributed by atoms with van der Waals surface area (Å²) in [6.45, 7) is 2.65. The highest BCUT2D eigenvalue weighted by Gasteiger charge is 2.24. The molecule has 2 aromatic rings. The highest BCUT2D eigenvalue weighted by atomic mass is 16.4. The first kappa shape index (κ1) is 22.9. The average molecular weight is 417 g/mol. The van der Waals surface area contributed by atoms with Crippen LogP contribution in [0.1, 0.15) is 19.4 Å². The molecule has 162 valence electrons. The molecule has 0 saturated heterocycles. The fourth-order valence-corrected chi connectivity index (χ4v) is 2.85. The maximum Gasteiger partial charge on any atom is 0.322 e. The number of para-hydroxylation sites is 1. The van der Waals surface area contributed by atoms with Crippen molar-refractivity contribution in [2.75, 3.05) is 13.1 Å². The molecular formula is C20H27N5O5. The Labute approximate surface area is 173 Å². The van der Waals surface area contributed by atoms with Gasteiger partial charge in [0.2, 0.25) is 17.7 Å². The number of hydrogen-bond acceptors (Lipinski definition) is 5. The van der Waals surface area contributed by atoms with E-state index in [9.17, 15) is 19.2 Å². The molecule has 0 aliphatic heterocycles. The van der Waals surface area contributed by atoms with E-state index in [1.54, 1.807) is 20.0 Å². The van der Waals surface area contributed by atoms with Gasteiger partial charge in [0.05, 0.1) is 12.6 Å². The van der Waals surface area contributed by atoms with Crippen LogP contribution in [0.15, 0.2) is 30.5 Å². The molecule has 3 amide bonds. The predicted molar refractivity (Wildman–Crippen MR) is 110 cm³/mol. The SMILES string of the molecule is CC(C)C(N)C(=O)NCC(=O)NC(Cc1c[nH]c2ccccc12)C(=O)NCC(=O)O. The van der Waals surface area contributed by atoms with Gasteiger partial charge in [0.25, 0.3) is 0 Å². The summed E-state index contributed by atoms with van der Waals surface area (Å²) in [6, 6.07) is 5.70. The molecule has 0 fully saturated rings. The van der Waals surface area contributed by atoms with Gasteiger partial charge in [-0.1, -0.05) is 32.0 Å². The van der Waals surface area contributed by atoms with Crippen molar-refractivity contribution in [3.8, 4) is 0 Å². The van der Waals surface area contributed by atoms with Gasteiger partial charge in [0.1, 0.15) is 12.6 Å². The molecular weight excluding hydrogens is 390 g/mol. The van der Waals surface area contributed by atoms with Crippen LogP contribution in [0, 0.1) is 5.92 Å². The van der Waals surface area contributed by atoms with Gasteiger partial charge in [-0.15, -0.1) is 0 Å². The van der Waals surface area contributed by atoms with Crippen LogP contribution in [-0.4, -0.2) is 59.0 Å². The van der Waals surface area contributed by atoms with Gasteiger partial charge < -0.3 is 31.8 Å². The third kappa shape index (κ3) is 6.31. The molecule has 0 bridgehead atoms. The molecule has 10 heteroatoms. The molecule has 0 aliphatic carbocycles. The summed E-state index contributed by atoms with van der Waals surface area (Å²) in [5, 5.41) is 17.0. The molecule has 1 aromatic heterocycles. The number of aromatic amines is 1. The minimum absolute atomic E-state index is 0.0931. The van der Waals surface area contributed by atoms with E-state index in [1.165, 1.54) is 0 Å². The second-order valence-corrected chi connectivity index (χ2v) is 7.28. The third-order valence-corrected chi connectivity index (χ3v) is 4.61. The van der Waals surface area contributed by atoms with Crippen LogP contribution in [0.2, 0.25) is 0 Å². The van der Waals surface area contributed by atoms with E-state index in [0.717, 1.165) is 16.5 Å². The van der Waals surface area contributed by atoms with Crippen molar-refractivity contribution in [2.24, 2.45) is 11.7 Å². The first-order valence-electron chi connectivity index (χ1n) is 9.56. The Hall–Kier alpha value is -3.40. The number of amides is 3. The minimum Gasteiger partial charge on any atom is -0.480 e. The van der Waals surface area contributed by atoms with Crippen molar-refractivity contribution in [3.63, 3.8) is 0 Å². The lowest BCUT2D eigenvalue weighted by molar-refractivity contribution is -0.138. The number of H-pyrrole nitrogens is 1. The number of rotatable bonds is 10. The van der Waals surface area contributed by atoms with E-state index in [1.807, 2.05) is 24.3 Å². The minimum atomic E-state index is -1.20. The van der Waals surface area contributed by atoms with Gasteiger partial charge >= 0.3 is 5.97 Å². The summed E-state index contributed by atoms with van der Waals surface area (Å²) in [4.78, 5) is 50.6. The monoisotopic (exact) mass is 417 g/mol. The van der Waals surface area contributed by atoms with Crippen molar-refractivity contribution in [1.82, 2.24) is 20.9 Å². The van der Waals surface area contributed by atoms with Crippen molar-refractivity contribution < 1.29 is 24.3 Å². The zero-order valence-electron chi connectivity index (χ0n) is 16.9. The number of carbonyl (C=O) groups is 4. The standard InChI is InChI=1S/C20H27N5O5/c1-11(2)18(21)20(30)23-9-16(26)25-15(19(29)24-10-17(27)28)7-12-8-22-14-6-4-3-5-13(12)14/h3-6,8,11,15,18,22H,7,9-10,21H2,1-2H3,(H,23,30)(H,24,29)(H,25,26)(H,27,28). The zero-order chi connectivity index (χ0) is 22.3. The third-order valence-electron chi connectivity index (χ3n) is 4.61. The summed E-state index contributed by atoms with van der Waals surface area (Å²) >= 11 is 0. The lowest BCUT2D eigenvalue weighted by atomic mass is 10.0. The fraction of sp³-hybridized carbons (Fsp3) is 0.400. The fourth-order valence-electron chi connectivity index (χ4n) is 2.85. The number of aliphatic carboxylic acids is 1. The summed E-state index contributed by atoms with van der Waals surface area (Å²) in [5.41, 5.74) is 7.40. The van der Waals surface area contributed by atoms with Gasteiger partial charge in [0.15, 0.2) is 0 Å². The number of nitrogens with one attached hydrogen (secondary N) is 4. The Morgan fingerprint density at radius 3 is 2.40 bits per heavy atom. The first-order chi connectivity index (χ1) is 14.2. The largest absolute Gasteiger partial charge is 0.480 e. The molecule has 1 heterocycles. The van der Waals surface area contributed by atoms with E-state index in [4.69, 9.17) is 10.8 Å². The van der Waals surface area contributed by atoms with E-state index in [2.05, 4.69) is 20.9 Å². The van der Waals surface area contributed by atoms with Crippen LogP contribution in [0.4, 0.5) is 0 Å². The van der Waals surface area contributed by atoms with E-state index >= 15 is 0 Å². The van der Waals surface area contributed by atoms with Crippen LogP contribution in [0.3, 0.4) is 0 Å². The van der Waals surface area contributed by atoms with E-state index in [-0.39, 0.29) is 18.9 Å². The van der Waals surface area contributed by atoms with Crippen molar-refractivity contribution in [3.05, 3.63) is 36.0 Å². The van der Waals surface area contributed by atoms with Crippen molar-refractivity contribution in [1.29, 1.82) is 0 Å². The predicted octanol–water partition coefficient (Wildman–Crippen LogP) is -0.504. The normalized spacial score (nSPS) is 12.9. The zero-order valence-corrected chi connectivity index (χ0v) is 16.9. The number of nitrogens with two attached hydrogens (primary N) is 1. The van der Waals surface area contributed by atoms with Gasteiger partial charge in [-0.3, -0.25) is 19.2 Å². The number of hydrogen-bond donors (Lipinski definition) is 6. The van der Waals surface area contributed by atoms with Gasteiger partial charge in [-0.05, 0) is 17.5 Å². The van der Waals surface area contributed by atoms with Crippen LogP contribution >= 0.6 is 0 Å². The molecule has 7 N–H and O–H groups in total. The number of carboxylic acids is 1.